The molecule has 1 heterocycles. The summed E-state index contributed by atoms with van der Waals surface area (Å²) in [6, 6.07) is 11.8. The summed E-state index contributed by atoms with van der Waals surface area (Å²) in [4.78, 5) is 17.1. The van der Waals surface area contributed by atoms with E-state index < -0.39 is 0 Å². The van der Waals surface area contributed by atoms with Gasteiger partial charge in [0.15, 0.2) is 0 Å². The molecular formula is C21H25FN2O3. The van der Waals surface area contributed by atoms with Crippen LogP contribution in [0.3, 0.4) is 0 Å². The number of hydrogen-bond donors (Lipinski definition) is 0. The second kappa shape index (κ2) is 8.86. The van der Waals surface area contributed by atoms with E-state index >= 15 is 0 Å². The van der Waals surface area contributed by atoms with Crippen LogP contribution in [0.2, 0.25) is 0 Å². The Bertz CT molecular complexity index is 779. The Kier molecular flexibility index (Phi) is 6.29. The molecule has 2 aromatic rings. The van der Waals surface area contributed by atoms with E-state index in [2.05, 4.69) is 4.90 Å². The van der Waals surface area contributed by atoms with Crippen LogP contribution in [0.5, 0.6) is 11.5 Å². The molecule has 1 aliphatic rings. The van der Waals surface area contributed by atoms with E-state index in [4.69, 9.17) is 9.47 Å². The molecule has 0 unspecified atom stereocenters. The molecule has 0 N–H and O–H groups in total. The average Bonchev–Trinajstić information content (AvgIpc) is 2.94. The minimum absolute atomic E-state index is 0.0295. The quantitative estimate of drug-likeness (QED) is 0.808. The SMILES string of the molecule is COc1ccc(C(=O)N2CCCN(Cc3ccc(F)cc3)CC2)c(OC)c1. The van der Waals surface area contributed by atoms with Crippen molar-refractivity contribution in [3.8, 4) is 11.5 Å². The molecule has 1 aliphatic heterocycles. The maximum Gasteiger partial charge on any atom is 0.257 e. The molecule has 0 atom stereocenters. The van der Waals surface area contributed by atoms with Crippen LogP contribution in [-0.4, -0.2) is 56.1 Å². The standard InChI is InChI=1S/C21H25FN2O3/c1-26-18-8-9-19(20(14-18)27-2)21(25)24-11-3-10-23(12-13-24)15-16-4-6-17(22)7-5-16/h4-9,14H,3,10-13,15H2,1-2H3. The molecule has 0 bridgehead atoms. The zero-order valence-corrected chi connectivity index (χ0v) is 15.8. The Morgan fingerprint density at radius 3 is 2.48 bits per heavy atom. The first-order chi connectivity index (χ1) is 13.1. The molecule has 3 rings (SSSR count). The summed E-state index contributed by atoms with van der Waals surface area (Å²) in [6.45, 7) is 3.79. The van der Waals surface area contributed by atoms with E-state index in [1.165, 1.54) is 12.1 Å². The lowest BCUT2D eigenvalue weighted by Gasteiger charge is -2.23. The Morgan fingerprint density at radius 1 is 1.00 bits per heavy atom. The van der Waals surface area contributed by atoms with Gasteiger partial charge in [0.1, 0.15) is 17.3 Å². The molecule has 0 aromatic heterocycles. The van der Waals surface area contributed by atoms with Gasteiger partial charge < -0.3 is 14.4 Å². The normalized spacial score (nSPS) is 15.3. The predicted molar refractivity (Wildman–Crippen MR) is 102 cm³/mol. The van der Waals surface area contributed by atoms with Gasteiger partial charge in [-0.3, -0.25) is 9.69 Å². The van der Waals surface area contributed by atoms with Crippen molar-refractivity contribution in [2.45, 2.75) is 13.0 Å². The average molecular weight is 372 g/mol. The number of nitrogens with zero attached hydrogens (tertiary/aromatic N) is 2. The first kappa shape index (κ1) is 19.2. The summed E-state index contributed by atoms with van der Waals surface area (Å²) in [6.07, 6.45) is 0.894. The van der Waals surface area contributed by atoms with Crippen molar-refractivity contribution in [3.63, 3.8) is 0 Å². The zero-order chi connectivity index (χ0) is 19.2. The van der Waals surface area contributed by atoms with Crippen LogP contribution in [0.15, 0.2) is 42.5 Å². The summed E-state index contributed by atoms with van der Waals surface area (Å²) in [7, 11) is 3.14. The molecule has 5 nitrogen and oxygen atoms in total. The van der Waals surface area contributed by atoms with Gasteiger partial charge in [0.2, 0.25) is 0 Å². The van der Waals surface area contributed by atoms with Crippen LogP contribution >= 0.6 is 0 Å². The number of ether oxygens (including phenoxy) is 2. The fourth-order valence-corrected chi connectivity index (χ4v) is 3.33. The number of benzene rings is 2. The van der Waals surface area contributed by atoms with Crippen LogP contribution in [0, 0.1) is 5.82 Å². The van der Waals surface area contributed by atoms with Gasteiger partial charge in [0, 0.05) is 38.8 Å². The van der Waals surface area contributed by atoms with E-state index in [0.717, 1.165) is 31.6 Å². The summed E-state index contributed by atoms with van der Waals surface area (Å²) in [5, 5.41) is 0. The van der Waals surface area contributed by atoms with Crippen LogP contribution in [-0.2, 0) is 6.54 Å². The van der Waals surface area contributed by atoms with Gasteiger partial charge in [-0.2, -0.15) is 0 Å². The van der Waals surface area contributed by atoms with Gasteiger partial charge in [-0.25, -0.2) is 4.39 Å². The van der Waals surface area contributed by atoms with Crippen LogP contribution in [0.4, 0.5) is 4.39 Å². The molecular weight excluding hydrogens is 347 g/mol. The van der Waals surface area contributed by atoms with Gasteiger partial charge in [0.25, 0.3) is 5.91 Å². The molecule has 1 fully saturated rings. The number of carbonyl (C=O) groups is 1. The van der Waals surface area contributed by atoms with Crippen molar-refractivity contribution >= 4 is 5.91 Å². The van der Waals surface area contributed by atoms with Crippen molar-refractivity contribution < 1.29 is 18.7 Å². The highest BCUT2D eigenvalue weighted by atomic mass is 19.1. The third kappa shape index (κ3) is 4.77. The summed E-state index contributed by atoms with van der Waals surface area (Å²) >= 11 is 0. The maximum absolute atomic E-state index is 13.1. The van der Waals surface area contributed by atoms with Gasteiger partial charge in [0.05, 0.1) is 19.8 Å². The largest absolute Gasteiger partial charge is 0.497 e. The fourth-order valence-electron chi connectivity index (χ4n) is 3.33. The van der Waals surface area contributed by atoms with E-state index in [1.54, 1.807) is 32.4 Å². The summed E-state index contributed by atoms with van der Waals surface area (Å²) in [5.74, 6) is 0.925. The topological polar surface area (TPSA) is 42.0 Å². The third-order valence-electron chi connectivity index (χ3n) is 4.83. The maximum atomic E-state index is 13.1. The third-order valence-corrected chi connectivity index (χ3v) is 4.83. The van der Waals surface area contributed by atoms with E-state index in [9.17, 15) is 9.18 Å². The van der Waals surface area contributed by atoms with E-state index in [1.807, 2.05) is 17.0 Å². The molecule has 144 valence electrons. The molecule has 27 heavy (non-hydrogen) atoms. The molecule has 0 spiro atoms. The Morgan fingerprint density at radius 2 is 1.78 bits per heavy atom. The molecule has 0 aliphatic carbocycles. The number of halogens is 1. The lowest BCUT2D eigenvalue weighted by atomic mass is 10.1. The minimum atomic E-state index is -0.222. The van der Waals surface area contributed by atoms with Crippen molar-refractivity contribution in [3.05, 3.63) is 59.4 Å². The van der Waals surface area contributed by atoms with Crippen molar-refractivity contribution in [1.82, 2.24) is 9.80 Å². The number of rotatable bonds is 5. The number of carbonyl (C=O) groups excluding carboxylic acids is 1. The number of hydrogen-bond acceptors (Lipinski definition) is 4. The smallest absolute Gasteiger partial charge is 0.257 e. The van der Waals surface area contributed by atoms with E-state index in [0.29, 0.717) is 30.2 Å². The van der Waals surface area contributed by atoms with Gasteiger partial charge in [-0.05, 0) is 36.2 Å². The highest BCUT2D eigenvalue weighted by molar-refractivity contribution is 5.97. The first-order valence-electron chi connectivity index (χ1n) is 9.09. The highest BCUT2D eigenvalue weighted by Gasteiger charge is 2.23. The van der Waals surface area contributed by atoms with Gasteiger partial charge in [-0.15, -0.1) is 0 Å². The Hall–Kier alpha value is -2.60. The van der Waals surface area contributed by atoms with Crippen molar-refractivity contribution in [2.75, 3.05) is 40.4 Å². The lowest BCUT2D eigenvalue weighted by molar-refractivity contribution is 0.0757. The molecule has 0 saturated carbocycles. The monoisotopic (exact) mass is 372 g/mol. The predicted octanol–water partition coefficient (Wildman–Crippen LogP) is 3.19. The van der Waals surface area contributed by atoms with Crippen molar-refractivity contribution in [1.29, 1.82) is 0 Å². The Balaban J connectivity index is 1.65. The molecule has 2 aromatic carbocycles. The highest BCUT2D eigenvalue weighted by Crippen LogP contribution is 2.26. The van der Waals surface area contributed by atoms with E-state index in [-0.39, 0.29) is 11.7 Å². The van der Waals surface area contributed by atoms with Crippen molar-refractivity contribution in [2.24, 2.45) is 0 Å². The van der Waals surface area contributed by atoms with Crippen LogP contribution in [0.1, 0.15) is 22.3 Å². The molecule has 1 saturated heterocycles. The lowest BCUT2D eigenvalue weighted by Crippen LogP contribution is -2.35. The van der Waals surface area contributed by atoms with Gasteiger partial charge >= 0.3 is 0 Å². The molecule has 1 amide bonds. The summed E-state index contributed by atoms with van der Waals surface area (Å²) < 4.78 is 23.6. The fraction of sp³-hybridized carbons (Fsp3) is 0.381. The minimum Gasteiger partial charge on any atom is -0.497 e. The number of methoxy groups -OCH3 is 2. The first-order valence-corrected chi connectivity index (χ1v) is 9.09. The molecule has 0 radical (unpaired) electrons. The van der Waals surface area contributed by atoms with Gasteiger partial charge in [-0.1, -0.05) is 12.1 Å². The summed E-state index contributed by atoms with van der Waals surface area (Å²) in [5.41, 5.74) is 1.62. The molecule has 6 heteroatoms. The number of amides is 1. The second-order valence-corrected chi connectivity index (χ2v) is 6.61. The zero-order valence-electron chi connectivity index (χ0n) is 15.8. The van der Waals surface area contributed by atoms with Crippen LogP contribution in [0.25, 0.3) is 0 Å². The van der Waals surface area contributed by atoms with Crippen LogP contribution < -0.4 is 9.47 Å². The Labute approximate surface area is 159 Å². The second-order valence-electron chi connectivity index (χ2n) is 6.61.